The number of halogens is 2. The molecule has 0 saturated carbocycles. The Balaban J connectivity index is 1.87. The Morgan fingerprint density at radius 3 is 3.00 bits per heavy atom. The number of aliphatic hydroxyl groups excluding tert-OH is 1. The zero-order valence-electron chi connectivity index (χ0n) is 11.7. The molecule has 0 fully saturated rings. The van der Waals surface area contributed by atoms with Crippen molar-refractivity contribution >= 4 is 34.9 Å². The Kier molecular flexibility index (Phi) is 5.65. The molecule has 1 unspecified atom stereocenters. The molecule has 2 rings (SSSR count). The summed E-state index contributed by atoms with van der Waals surface area (Å²) < 4.78 is 13.3. The number of amides is 1. The van der Waals surface area contributed by atoms with Crippen molar-refractivity contribution < 1.29 is 14.3 Å². The van der Waals surface area contributed by atoms with Crippen LogP contribution < -0.4 is 5.32 Å². The highest BCUT2D eigenvalue weighted by molar-refractivity contribution is 7.09. The van der Waals surface area contributed by atoms with E-state index in [-0.39, 0.29) is 17.5 Å². The maximum atomic E-state index is 13.3. The van der Waals surface area contributed by atoms with Crippen LogP contribution in [0.25, 0.3) is 6.08 Å². The van der Waals surface area contributed by atoms with E-state index in [1.165, 1.54) is 29.5 Å². The van der Waals surface area contributed by atoms with Crippen molar-refractivity contribution in [3.63, 3.8) is 0 Å². The molecule has 0 bridgehead atoms. The first kappa shape index (κ1) is 16.6. The van der Waals surface area contributed by atoms with Crippen LogP contribution in [0.5, 0.6) is 0 Å². The van der Waals surface area contributed by atoms with Crippen LogP contribution in [-0.2, 0) is 4.79 Å². The van der Waals surface area contributed by atoms with Crippen LogP contribution in [0.2, 0.25) is 5.02 Å². The van der Waals surface area contributed by atoms with Crippen molar-refractivity contribution in [3.8, 4) is 0 Å². The van der Waals surface area contributed by atoms with Crippen LogP contribution in [0.15, 0.2) is 29.7 Å². The summed E-state index contributed by atoms with van der Waals surface area (Å²) >= 11 is 7.07. The Morgan fingerprint density at radius 2 is 2.36 bits per heavy atom. The lowest BCUT2D eigenvalue weighted by Crippen LogP contribution is -2.26. The van der Waals surface area contributed by atoms with Crippen LogP contribution in [-0.4, -0.2) is 22.5 Å². The van der Waals surface area contributed by atoms with Gasteiger partial charge in [-0.25, -0.2) is 9.37 Å². The fraction of sp³-hybridized carbons (Fsp3) is 0.200. The molecular formula is C15H14ClFN2O2S. The molecule has 1 atom stereocenters. The summed E-state index contributed by atoms with van der Waals surface area (Å²) in [5, 5.41) is 15.2. The lowest BCUT2D eigenvalue weighted by molar-refractivity contribution is -0.116. The Hall–Kier alpha value is -1.76. The van der Waals surface area contributed by atoms with Gasteiger partial charge in [-0.15, -0.1) is 11.3 Å². The van der Waals surface area contributed by atoms with E-state index in [1.54, 1.807) is 6.08 Å². The van der Waals surface area contributed by atoms with Gasteiger partial charge in [-0.1, -0.05) is 17.7 Å². The number of aromatic nitrogens is 1. The fourth-order valence-electron chi connectivity index (χ4n) is 1.71. The maximum Gasteiger partial charge on any atom is 0.244 e. The van der Waals surface area contributed by atoms with Gasteiger partial charge >= 0.3 is 0 Å². The molecule has 0 spiro atoms. The second-order valence-electron chi connectivity index (χ2n) is 4.56. The third-order valence-corrected chi connectivity index (χ3v) is 3.94. The number of carbonyl (C=O) groups excluding carboxylic acids is 1. The third kappa shape index (κ3) is 4.62. The molecule has 22 heavy (non-hydrogen) atoms. The first-order valence-corrected chi connectivity index (χ1v) is 7.72. The molecule has 0 radical (unpaired) electrons. The van der Waals surface area contributed by atoms with Crippen molar-refractivity contribution in [1.82, 2.24) is 10.3 Å². The lowest BCUT2D eigenvalue weighted by atomic mass is 10.1. The number of nitrogens with one attached hydrogen (secondary N) is 1. The topological polar surface area (TPSA) is 62.2 Å². The van der Waals surface area contributed by atoms with Gasteiger partial charge in [0, 0.05) is 18.0 Å². The number of carbonyl (C=O) groups is 1. The van der Waals surface area contributed by atoms with E-state index < -0.39 is 11.9 Å². The van der Waals surface area contributed by atoms with Crippen molar-refractivity contribution in [3.05, 3.63) is 56.8 Å². The Morgan fingerprint density at radius 1 is 1.59 bits per heavy atom. The number of rotatable bonds is 5. The van der Waals surface area contributed by atoms with E-state index >= 15 is 0 Å². The van der Waals surface area contributed by atoms with Gasteiger partial charge in [0.05, 0.1) is 21.8 Å². The van der Waals surface area contributed by atoms with Crippen LogP contribution in [0.4, 0.5) is 4.39 Å². The lowest BCUT2D eigenvalue weighted by Gasteiger charge is -2.11. The molecule has 1 amide bonds. The number of nitrogens with zero attached hydrogens (tertiary/aromatic N) is 1. The molecule has 1 heterocycles. The van der Waals surface area contributed by atoms with Gasteiger partial charge in [-0.3, -0.25) is 4.79 Å². The largest absolute Gasteiger partial charge is 0.387 e. The van der Waals surface area contributed by atoms with Gasteiger partial charge in [0.2, 0.25) is 5.91 Å². The van der Waals surface area contributed by atoms with Crippen LogP contribution in [0, 0.1) is 12.7 Å². The number of benzene rings is 1. The summed E-state index contributed by atoms with van der Waals surface area (Å²) in [7, 11) is 0. The highest BCUT2D eigenvalue weighted by Crippen LogP contribution is 2.19. The summed E-state index contributed by atoms with van der Waals surface area (Å²) in [6.45, 7) is 1.85. The number of hydrogen-bond acceptors (Lipinski definition) is 4. The molecule has 0 aliphatic carbocycles. The average molecular weight is 341 g/mol. The Bertz CT molecular complexity index is 703. The van der Waals surface area contributed by atoms with Gasteiger partial charge in [0.25, 0.3) is 0 Å². The fourth-order valence-corrected chi connectivity index (χ4v) is 2.41. The predicted octanol–water partition coefficient (Wildman–Crippen LogP) is 3.11. The van der Waals surface area contributed by atoms with Gasteiger partial charge in [0.1, 0.15) is 5.82 Å². The Labute approximate surface area is 136 Å². The highest BCUT2D eigenvalue weighted by Gasteiger charge is 2.11. The molecule has 1 aromatic carbocycles. The van der Waals surface area contributed by atoms with Gasteiger partial charge in [-0.2, -0.15) is 0 Å². The zero-order chi connectivity index (χ0) is 16.1. The van der Waals surface area contributed by atoms with Gasteiger partial charge in [0.15, 0.2) is 0 Å². The van der Waals surface area contributed by atoms with Crippen LogP contribution in [0.3, 0.4) is 0 Å². The summed E-state index contributed by atoms with van der Waals surface area (Å²) in [4.78, 5) is 15.8. The molecule has 116 valence electrons. The summed E-state index contributed by atoms with van der Waals surface area (Å²) in [5.41, 5.74) is 1.05. The molecule has 2 N–H and O–H groups in total. The number of aryl methyl sites for hydroxylation is 1. The molecule has 4 nitrogen and oxygen atoms in total. The van der Waals surface area contributed by atoms with E-state index in [0.717, 1.165) is 11.1 Å². The zero-order valence-corrected chi connectivity index (χ0v) is 13.3. The minimum Gasteiger partial charge on any atom is -0.387 e. The van der Waals surface area contributed by atoms with E-state index in [1.807, 2.05) is 12.3 Å². The van der Waals surface area contributed by atoms with Crippen molar-refractivity contribution in [2.45, 2.75) is 13.0 Å². The standard InChI is InChI=1S/C15H14ClFN2O2S/c1-9-19-11(8-22-9)3-5-15(21)18-7-14(20)10-2-4-12(16)13(17)6-10/h2-6,8,14,20H,7H2,1H3,(H,18,21)/b5-3+. The van der Waals surface area contributed by atoms with Crippen molar-refractivity contribution in [1.29, 1.82) is 0 Å². The summed E-state index contributed by atoms with van der Waals surface area (Å²) in [5.74, 6) is -0.970. The monoisotopic (exact) mass is 340 g/mol. The molecule has 0 aliphatic heterocycles. The quantitative estimate of drug-likeness (QED) is 0.822. The molecule has 0 aliphatic rings. The average Bonchev–Trinajstić information content (AvgIpc) is 2.91. The molecule has 2 aromatic rings. The second-order valence-corrected chi connectivity index (χ2v) is 6.03. The third-order valence-electron chi connectivity index (χ3n) is 2.84. The molecular weight excluding hydrogens is 327 g/mol. The normalized spacial score (nSPS) is 12.5. The number of thiazole rings is 1. The highest BCUT2D eigenvalue weighted by atomic mass is 35.5. The summed E-state index contributed by atoms with van der Waals surface area (Å²) in [6, 6.07) is 4.02. The SMILES string of the molecule is Cc1nc(/C=C/C(=O)NCC(O)c2ccc(Cl)c(F)c2)cs1. The van der Waals surface area contributed by atoms with Gasteiger partial charge in [-0.05, 0) is 30.7 Å². The molecule has 1 aromatic heterocycles. The van der Waals surface area contributed by atoms with Crippen LogP contribution in [0.1, 0.15) is 22.4 Å². The van der Waals surface area contributed by atoms with E-state index in [2.05, 4.69) is 10.3 Å². The van der Waals surface area contributed by atoms with Crippen molar-refractivity contribution in [2.75, 3.05) is 6.54 Å². The maximum absolute atomic E-state index is 13.3. The number of hydrogen-bond donors (Lipinski definition) is 2. The predicted molar refractivity (Wildman–Crippen MR) is 85.3 cm³/mol. The number of aliphatic hydroxyl groups is 1. The van der Waals surface area contributed by atoms with E-state index in [4.69, 9.17) is 11.6 Å². The van der Waals surface area contributed by atoms with Gasteiger partial charge < -0.3 is 10.4 Å². The van der Waals surface area contributed by atoms with Crippen LogP contribution >= 0.6 is 22.9 Å². The first-order chi connectivity index (χ1) is 10.5. The molecule has 7 heteroatoms. The second kappa shape index (κ2) is 7.49. The molecule has 0 saturated heterocycles. The summed E-state index contributed by atoms with van der Waals surface area (Å²) in [6.07, 6.45) is 1.92. The van der Waals surface area contributed by atoms with E-state index in [9.17, 15) is 14.3 Å². The minimum absolute atomic E-state index is 0.0125. The van der Waals surface area contributed by atoms with E-state index in [0.29, 0.717) is 11.3 Å². The minimum atomic E-state index is -1.01. The first-order valence-electron chi connectivity index (χ1n) is 6.47. The smallest absolute Gasteiger partial charge is 0.244 e. The van der Waals surface area contributed by atoms with Crippen molar-refractivity contribution in [2.24, 2.45) is 0 Å².